The molecule has 150 valence electrons. The van der Waals surface area contributed by atoms with Crippen LogP contribution < -0.4 is 10.6 Å². The van der Waals surface area contributed by atoms with Gasteiger partial charge in [0, 0.05) is 38.4 Å². The fourth-order valence-electron chi connectivity index (χ4n) is 3.09. The third-order valence-corrected chi connectivity index (χ3v) is 5.37. The molecule has 1 aliphatic rings. The molecule has 0 spiro atoms. The number of thiocarbonyl (C=S) groups is 1. The molecule has 1 aromatic rings. The smallest absolute Gasteiger partial charge is 0.238 e. The molecule has 0 bridgehead atoms. The zero-order valence-electron chi connectivity index (χ0n) is 17.0. The summed E-state index contributed by atoms with van der Waals surface area (Å²) in [5, 5.41) is 7.21. The average Bonchev–Trinajstić information content (AvgIpc) is 2.63. The number of nitrogens with zero attached hydrogens (tertiary/aromatic N) is 3. The van der Waals surface area contributed by atoms with Crippen LogP contribution in [0.1, 0.15) is 17.5 Å². The van der Waals surface area contributed by atoms with E-state index in [-0.39, 0.29) is 5.91 Å². The van der Waals surface area contributed by atoms with Gasteiger partial charge in [-0.1, -0.05) is 12.1 Å². The standard InChI is InChI=1S/C20H33N5OS/c1-16-7-5-8-18(17(16)2)22-19(26)15-24-11-13-25(14-12-24)20(27)21-9-6-10-23(3)4/h5,7-8H,6,9-15H2,1-4H3,(H,21,27)(H,22,26). The number of hydrogen-bond donors (Lipinski definition) is 2. The second-order valence-corrected chi connectivity index (χ2v) is 7.83. The van der Waals surface area contributed by atoms with E-state index in [1.54, 1.807) is 0 Å². The van der Waals surface area contributed by atoms with Crippen LogP contribution in [0.25, 0.3) is 0 Å². The summed E-state index contributed by atoms with van der Waals surface area (Å²) in [6.07, 6.45) is 1.08. The summed E-state index contributed by atoms with van der Waals surface area (Å²) < 4.78 is 0. The number of nitrogens with one attached hydrogen (secondary N) is 2. The molecule has 0 radical (unpaired) electrons. The maximum atomic E-state index is 12.4. The molecule has 6 nitrogen and oxygen atoms in total. The first-order chi connectivity index (χ1) is 12.9. The Balaban J connectivity index is 1.70. The lowest BCUT2D eigenvalue weighted by atomic mass is 10.1. The van der Waals surface area contributed by atoms with E-state index in [0.717, 1.165) is 62.1 Å². The molecule has 1 saturated heterocycles. The number of piperazine rings is 1. The molecular weight excluding hydrogens is 358 g/mol. The number of benzene rings is 1. The van der Waals surface area contributed by atoms with Gasteiger partial charge in [-0.25, -0.2) is 0 Å². The number of carbonyl (C=O) groups excluding carboxylic acids is 1. The predicted octanol–water partition coefficient (Wildman–Crippen LogP) is 1.69. The van der Waals surface area contributed by atoms with Gasteiger partial charge in [-0.15, -0.1) is 0 Å². The summed E-state index contributed by atoms with van der Waals surface area (Å²) in [4.78, 5) is 18.9. The summed E-state index contributed by atoms with van der Waals surface area (Å²) in [5.74, 6) is 0.0431. The van der Waals surface area contributed by atoms with Gasteiger partial charge < -0.3 is 20.4 Å². The molecule has 0 saturated carbocycles. The van der Waals surface area contributed by atoms with Crippen LogP contribution >= 0.6 is 12.2 Å². The minimum absolute atomic E-state index is 0.0431. The van der Waals surface area contributed by atoms with Crippen LogP contribution in [0.5, 0.6) is 0 Å². The predicted molar refractivity (Wildman–Crippen MR) is 116 cm³/mol. The van der Waals surface area contributed by atoms with Crippen molar-refractivity contribution in [3.63, 3.8) is 0 Å². The van der Waals surface area contributed by atoms with Gasteiger partial charge in [0.25, 0.3) is 0 Å². The van der Waals surface area contributed by atoms with Gasteiger partial charge in [-0.05, 0) is 70.3 Å². The number of anilines is 1. The number of hydrogen-bond acceptors (Lipinski definition) is 4. The van der Waals surface area contributed by atoms with Crippen LogP contribution in [0.4, 0.5) is 5.69 Å². The molecule has 0 atom stereocenters. The molecule has 1 heterocycles. The second-order valence-electron chi connectivity index (χ2n) is 7.45. The molecule has 1 fully saturated rings. The molecule has 27 heavy (non-hydrogen) atoms. The lowest BCUT2D eigenvalue weighted by molar-refractivity contribution is -0.117. The molecule has 1 aliphatic heterocycles. The van der Waals surface area contributed by atoms with Crippen LogP contribution in [0, 0.1) is 13.8 Å². The Morgan fingerprint density at radius 3 is 2.56 bits per heavy atom. The van der Waals surface area contributed by atoms with Gasteiger partial charge in [0.15, 0.2) is 5.11 Å². The Kier molecular flexibility index (Phi) is 8.47. The summed E-state index contributed by atoms with van der Waals surface area (Å²) in [6.45, 7) is 9.88. The summed E-state index contributed by atoms with van der Waals surface area (Å²) >= 11 is 5.50. The van der Waals surface area contributed by atoms with Gasteiger partial charge in [0.1, 0.15) is 0 Å². The highest BCUT2D eigenvalue weighted by Crippen LogP contribution is 2.17. The minimum Gasteiger partial charge on any atom is -0.363 e. The monoisotopic (exact) mass is 391 g/mol. The molecule has 0 aliphatic carbocycles. The Hall–Kier alpha value is -1.70. The van der Waals surface area contributed by atoms with Crippen molar-refractivity contribution >= 4 is 28.9 Å². The van der Waals surface area contributed by atoms with E-state index < -0.39 is 0 Å². The SMILES string of the molecule is Cc1cccc(NC(=O)CN2CCN(C(=S)NCCCN(C)C)CC2)c1C. The topological polar surface area (TPSA) is 50.9 Å². The molecule has 7 heteroatoms. The lowest BCUT2D eigenvalue weighted by Gasteiger charge is -2.35. The van der Waals surface area contributed by atoms with Gasteiger partial charge in [0.2, 0.25) is 5.91 Å². The first-order valence-electron chi connectivity index (χ1n) is 9.62. The van der Waals surface area contributed by atoms with Gasteiger partial charge in [-0.3, -0.25) is 9.69 Å². The average molecular weight is 392 g/mol. The highest BCUT2D eigenvalue weighted by atomic mass is 32.1. The van der Waals surface area contributed by atoms with Crippen molar-refractivity contribution in [1.82, 2.24) is 20.0 Å². The summed E-state index contributed by atoms with van der Waals surface area (Å²) in [7, 11) is 4.15. The van der Waals surface area contributed by atoms with Crippen molar-refractivity contribution in [2.45, 2.75) is 20.3 Å². The number of amides is 1. The van der Waals surface area contributed by atoms with Gasteiger partial charge >= 0.3 is 0 Å². The van der Waals surface area contributed by atoms with E-state index in [1.807, 2.05) is 19.1 Å². The Labute approximate surface area is 168 Å². The third-order valence-electron chi connectivity index (χ3n) is 4.96. The minimum atomic E-state index is 0.0431. The molecule has 1 aromatic carbocycles. The molecule has 2 N–H and O–H groups in total. The van der Waals surface area contributed by atoms with Crippen LogP contribution in [0.2, 0.25) is 0 Å². The Morgan fingerprint density at radius 2 is 1.89 bits per heavy atom. The van der Waals surface area contributed by atoms with Crippen molar-refractivity contribution in [2.75, 3.05) is 65.2 Å². The maximum absolute atomic E-state index is 12.4. The van der Waals surface area contributed by atoms with E-state index in [2.05, 4.69) is 52.4 Å². The van der Waals surface area contributed by atoms with E-state index in [1.165, 1.54) is 5.56 Å². The molecule has 2 rings (SSSR count). The molecular formula is C20H33N5OS. The van der Waals surface area contributed by atoms with E-state index in [0.29, 0.717) is 6.54 Å². The van der Waals surface area contributed by atoms with Crippen LogP contribution in [-0.4, -0.2) is 85.6 Å². The second kappa shape index (κ2) is 10.6. The van der Waals surface area contributed by atoms with Crippen LogP contribution in [0.3, 0.4) is 0 Å². The van der Waals surface area contributed by atoms with Crippen LogP contribution in [-0.2, 0) is 4.79 Å². The van der Waals surface area contributed by atoms with Crippen molar-refractivity contribution < 1.29 is 4.79 Å². The lowest BCUT2D eigenvalue weighted by Crippen LogP contribution is -2.53. The zero-order chi connectivity index (χ0) is 19.8. The van der Waals surface area contributed by atoms with Crippen molar-refractivity contribution in [3.05, 3.63) is 29.3 Å². The summed E-state index contributed by atoms with van der Waals surface area (Å²) in [6, 6.07) is 5.99. The van der Waals surface area contributed by atoms with Crippen molar-refractivity contribution in [2.24, 2.45) is 0 Å². The first-order valence-corrected chi connectivity index (χ1v) is 10.0. The number of aryl methyl sites for hydroxylation is 1. The van der Waals surface area contributed by atoms with E-state index in [4.69, 9.17) is 12.2 Å². The quantitative estimate of drug-likeness (QED) is 0.545. The first kappa shape index (κ1) is 21.6. The molecule has 1 amide bonds. The van der Waals surface area contributed by atoms with E-state index >= 15 is 0 Å². The summed E-state index contributed by atoms with van der Waals surface area (Å²) in [5.41, 5.74) is 3.22. The van der Waals surface area contributed by atoms with Crippen LogP contribution in [0.15, 0.2) is 18.2 Å². The molecule has 0 aromatic heterocycles. The largest absolute Gasteiger partial charge is 0.363 e. The number of rotatable bonds is 7. The highest BCUT2D eigenvalue weighted by Gasteiger charge is 2.20. The van der Waals surface area contributed by atoms with Crippen molar-refractivity contribution in [3.8, 4) is 0 Å². The third kappa shape index (κ3) is 7.08. The van der Waals surface area contributed by atoms with Crippen molar-refractivity contribution in [1.29, 1.82) is 0 Å². The maximum Gasteiger partial charge on any atom is 0.238 e. The normalized spacial score (nSPS) is 15.1. The molecule has 0 unspecified atom stereocenters. The fraction of sp³-hybridized carbons (Fsp3) is 0.600. The zero-order valence-corrected chi connectivity index (χ0v) is 17.9. The highest BCUT2D eigenvalue weighted by molar-refractivity contribution is 7.80. The fourth-order valence-corrected chi connectivity index (χ4v) is 3.38. The van der Waals surface area contributed by atoms with E-state index in [9.17, 15) is 4.79 Å². The Morgan fingerprint density at radius 1 is 1.19 bits per heavy atom. The Bertz CT molecular complexity index is 641. The van der Waals surface area contributed by atoms with Gasteiger partial charge in [-0.2, -0.15) is 0 Å². The van der Waals surface area contributed by atoms with Gasteiger partial charge in [0.05, 0.1) is 6.54 Å². The number of carbonyl (C=O) groups is 1.